The van der Waals surface area contributed by atoms with Crippen LogP contribution in [-0.2, 0) is 17.9 Å². The number of ether oxygens (including phenoxy) is 1. The minimum atomic E-state index is -0.100. The number of rotatable bonds is 9. The standard InChI is InChI=1S/C29H29N5O2S2/c1-5-34-26(16-36-23-12-7-19(3)20(4)15-23)32-33-29(34)37-17-27(35)30-22-10-8-21(9-11-22)28-31-24-13-6-18(2)14-25(24)38-28/h6-15H,5,16-17H2,1-4H3,(H,30,35). The van der Waals surface area contributed by atoms with Crippen LogP contribution in [0, 0.1) is 20.8 Å². The van der Waals surface area contributed by atoms with Crippen LogP contribution < -0.4 is 10.1 Å². The molecule has 7 nitrogen and oxygen atoms in total. The van der Waals surface area contributed by atoms with Gasteiger partial charge in [-0.2, -0.15) is 0 Å². The third-order valence-corrected chi connectivity index (χ3v) is 8.28. The van der Waals surface area contributed by atoms with Crippen molar-refractivity contribution in [1.82, 2.24) is 19.7 Å². The van der Waals surface area contributed by atoms with Crippen molar-refractivity contribution in [2.24, 2.45) is 0 Å². The van der Waals surface area contributed by atoms with Crippen LogP contribution in [0.25, 0.3) is 20.8 Å². The van der Waals surface area contributed by atoms with Crippen LogP contribution in [0.5, 0.6) is 5.75 Å². The predicted octanol–water partition coefficient (Wildman–Crippen LogP) is 6.81. The molecule has 5 aromatic rings. The molecule has 0 saturated carbocycles. The third-order valence-electron chi connectivity index (χ3n) is 6.25. The second kappa shape index (κ2) is 11.4. The Labute approximate surface area is 230 Å². The Morgan fingerprint density at radius 3 is 2.58 bits per heavy atom. The molecule has 0 fully saturated rings. The number of aromatic nitrogens is 4. The van der Waals surface area contributed by atoms with E-state index in [0.717, 1.165) is 33.3 Å². The molecule has 1 N–H and O–H groups in total. The highest BCUT2D eigenvalue weighted by atomic mass is 32.2. The summed E-state index contributed by atoms with van der Waals surface area (Å²) in [5.74, 6) is 1.66. The van der Waals surface area contributed by atoms with E-state index in [0.29, 0.717) is 18.3 Å². The van der Waals surface area contributed by atoms with E-state index in [-0.39, 0.29) is 11.7 Å². The SMILES string of the molecule is CCn1c(COc2ccc(C)c(C)c2)nnc1SCC(=O)Nc1ccc(-c2nc3ccc(C)cc3s2)cc1. The van der Waals surface area contributed by atoms with Gasteiger partial charge in [0.1, 0.15) is 17.4 Å². The van der Waals surface area contributed by atoms with E-state index in [1.807, 2.05) is 54.0 Å². The number of anilines is 1. The van der Waals surface area contributed by atoms with Crippen LogP contribution in [0.4, 0.5) is 5.69 Å². The average Bonchev–Trinajstić information content (AvgIpc) is 3.51. The Morgan fingerprint density at radius 2 is 1.82 bits per heavy atom. The van der Waals surface area contributed by atoms with Gasteiger partial charge >= 0.3 is 0 Å². The molecule has 0 saturated heterocycles. The summed E-state index contributed by atoms with van der Waals surface area (Å²) in [6.45, 7) is 9.26. The van der Waals surface area contributed by atoms with Crippen molar-refractivity contribution in [1.29, 1.82) is 0 Å². The van der Waals surface area contributed by atoms with Crippen LogP contribution in [0.1, 0.15) is 29.4 Å². The lowest BCUT2D eigenvalue weighted by atomic mass is 10.1. The van der Waals surface area contributed by atoms with Crippen molar-refractivity contribution in [2.75, 3.05) is 11.1 Å². The number of nitrogens with one attached hydrogen (secondary N) is 1. The summed E-state index contributed by atoms with van der Waals surface area (Å²) >= 11 is 3.04. The molecule has 5 rings (SSSR count). The minimum absolute atomic E-state index is 0.100. The number of thioether (sulfide) groups is 1. The first-order chi connectivity index (χ1) is 18.4. The molecular weight excluding hydrogens is 514 g/mol. The summed E-state index contributed by atoms with van der Waals surface area (Å²) in [7, 11) is 0. The number of fused-ring (bicyclic) bond motifs is 1. The zero-order chi connectivity index (χ0) is 26.6. The Balaban J connectivity index is 1.16. The zero-order valence-electron chi connectivity index (χ0n) is 21.8. The Hall–Kier alpha value is -3.69. The maximum Gasteiger partial charge on any atom is 0.234 e. The van der Waals surface area contributed by atoms with Crippen LogP contribution in [0.3, 0.4) is 0 Å². The number of aryl methyl sites for hydroxylation is 3. The number of nitrogens with zero attached hydrogens (tertiary/aromatic N) is 4. The van der Waals surface area contributed by atoms with E-state index in [9.17, 15) is 4.79 Å². The first-order valence-electron chi connectivity index (χ1n) is 12.4. The Kier molecular flexibility index (Phi) is 7.76. The molecule has 0 aliphatic rings. The Bertz CT molecular complexity index is 1590. The summed E-state index contributed by atoms with van der Waals surface area (Å²) in [5, 5.41) is 13.2. The van der Waals surface area contributed by atoms with Gasteiger partial charge < -0.3 is 14.6 Å². The maximum atomic E-state index is 12.6. The summed E-state index contributed by atoms with van der Waals surface area (Å²) in [6, 6.07) is 20.1. The van der Waals surface area contributed by atoms with Crippen molar-refractivity contribution >= 4 is 44.9 Å². The van der Waals surface area contributed by atoms with Gasteiger partial charge in [0.2, 0.25) is 5.91 Å². The largest absolute Gasteiger partial charge is 0.486 e. The normalized spacial score (nSPS) is 11.2. The van der Waals surface area contributed by atoms with Crippen LogP contribution in [0.15, 0.2) is 65.8 Å². The van der Waals surface area contributed by atoms with E-state index < -0.39 is 0 Å². The second-order valence-corrected chi connectivity index (χ2v) is 11.1. The molecule has 0 aliphatic heterocycles. The molecule has 0 radical (unpaired) electrons. The number of hydrogen-bond acceptors (Lipinski definition) is 7. The highest BCUT2D eigenvalue weighted by molar-refractivity contribution is 7.99. The topological polar surface area (TPSA) is 81.9 Å². The molecule has 0 atom stereocenters. The molecule has 9 heteroatoms. The highest BCUT2D eigenvalue weighted by Crippen LogP contribution is 2.31. The van der Waals surface area contributed by atoms with E-state index in [1.165, 1.54) is 33.2 Å². The van der Waals surface area contributed by atoms with E-state index in [4.69, 9.17) is 9.72 Å². The first kappa shape index (κ1) is 25.9. The number of benzene rings is 3. The molecule has 0 aliphatic carbocycles. The van der Waals surface area contributed by atoms with Gasteiger partial charge in [-0.3, -0.25) is 4.79 Å². The van der Waals surface area contributed by atoms with E-state index >= 15 is 0 Å². The first-order valence-corrected chi connectivity index (χ1v) is 14.2. The van der Waals surface area contributed by atoms with Crippen molar-refractivity contribution in [3.8, 4) is 16.3 Å². The van der Waals surface area contributed by atoms with Gasteiger partial charge in [-0.15, -0.1) is 21.5 Å². The van der Waals surface area contributed by atoms with Crippen LogP contribution >= 0.6 is 23.1 Å². The molecule has 38 heavy (non-hydrogen) atoms. The van der Waals surface area contributed by atoms with Gasteiger partial charge in [0.15, 0.2) is 11.0 Å². The molecule has 2 aromatic heterocycles. The molecule has 0 unspecified atom stereocenters. The minimum Gasteiger partial charge on any atom is -0.486 e. The molecule has 3 aromatic carbocycles. The van der Waals surface area contributed by atoms with Gasteiger partial charge in [-0.05, 0) is 92.9 Å². The van der Waals surface area contributed by atoms with E-state index in [2.05, 4.69) is 54.5 Å². The third kappa shape index (κ3) is 5.89. The quantitative estimate of drug-likeness (QED) is 0.206. The smallest absolute Gasteiger partial charge is 0.234 e. The second-order valence-electron chi connectivity index (χ2n) is 9.08. The number of thiazole rings is 1. The fourth-order valence-corrected chi connectivity index (χ4v) is 5.87. The summed E-state index contributed by atoms with van der Waals surface area (Å²) < 4.78 is 9.09. The number of carbonyl (C=O) groups is 1. The van der Waals surface area contributed by atoms with E-state index in [1.54, 1.807) is 11.3 Å². The van der Waals surface area contributed by atoms with Gasteiger partial charge in [0.05, 0.1) is 16.0 Å². The molecule has 194 valence electrons. The highest BCUT2D eigenvalue weighted by Gasteiger charge is 2.14. The Morgan fingerprint density at radius 1 is 1.00 bits per heavy atom. The monoisotopic (exact) mass is 543 g/mol. The van der Waals surface area contributed by atoms with Crippen molar-refractivity contribution in [3.05, 3.63) is 83.2 Å². The lowest BCUT2D eigenvalue weighted by Crippen LogP contribution is -2.15. The number of amides is 1. The van der Waals surface area contributed by atoms with Gasteiger partial charge in [0, 0.05) is 17.8 Å². The molecular formula is C29H29N5O2S2. The van der Waals surface area contributed by atoms with Gasteiger partial charge in [-0.1, -0.05) is 23.9 Å². The van der Waals surface area contributed by atoms with Crippen LogP contribution in [-0.4, -0.2) is 31.4 Å². The van der Waals surface area contributed by atoms with Crippen LogP contribution in [0.2, 0.25) is 0 Å². The zero-order valence-corrected chi connectivity index (χ0v) is 23.4. The lowest BCUT2D eigenvalue weighted by Gasteiger charge is -2.10. The summed E-state index contributed by atoms with van der Waals surface area (Å²) in [4.78, 5) is 17.4. The lowest BCUT2D eigenvalue weighted by molar-refractivity contribution is -0.113. The average molecular weight is 544 g/mol. The molecule has 0 spiro atoms. The van der Waals surface area contributed by atoms with Crippen molar-refractivity contribution in [2.45, 2.75) is 46.0 Å². The van der Waals surface area contributed by atoms with Crippen molar-refractivity contribution < 1.29 is 9.53 Å². The molecule has 0 bridgehead atoms. The number of hydrogen-bond donors (Lipinski definition) is 1. The van der Waals surface area contributed by atoms with Gasteiger partial charge in [0.25, 0.3) is 0 Å². The maximum absolute atomic E-state index is 12.6. The molecule has 2 heterocycles. The fourth-order valence-electron chi connectivity index (χ4n) is 3.98. The fraction of sp³-hybridized carbons (Fsp3) is 0.241. The predicted molar refractivity (Wildman–Crippen MR) is 155 cm³/mol. The van der Waals surface area contributed by atoms with Gasteiger partial charge in [-0.25, -0.2) is 4.98 Å². The summed E-state index contributed by atoms with van der Waals surface area (Å²) in [6.07, 6.45) is 0. The number of carbonyl (C=O) groups excluding carboxylic acids is 1. The summed E-state index contributed by atoms with van der Waals surface area (Å²) in [5.41, 5.74) is 6.42. The molecule has 1 amide bonds. The van der Waals surface area contributed by atoms with Crippen molar-refractivity contribution in [3.63, 3.8) is 0 Å².